The van der Waals surface area contributed by atoms with Crippen LogP contribution < -0.4 is 30.3 Å². The van der Waals surface area contributed by atoms with Gasteiger partial charge in [0.15, 0.2) is 36.2 Å². The van der Waals surface area contributed by atoms with Crippen molar-refractivity contribution in [3.63, 3.8) is 0 Å². The average Bonchev–Trinajstić information content (AvgIpc) is 0.827. The molecule has 6 aliphatic rings. The lowest BCUT2D eigenvalue weighted by atomic mass is 9.76. The number of aliphatic hydroxyl groups excluding tert-OH is 4. The summed E-state index contributed by atoms with van der Waals surface area (Å²) in [5.74, 6) is 11.6. The minimum Gasteiger partial charge on any atom is -0.492 e. The van der Waals surface area contributed by atoms with Crippen molar-refractivity contribution in [2.75, 3.05) is 74.6 Å². The van der Waals surface area contributed by atoms with Gasteiger partial charge >= 0.3 is 6.09 Å². The number of likely N-dealkylation sites (N-methyl/N-ethyl adjacent to an activating group) is 1. The molecule has 0 bridgehead atoms. The van der Waals surface area contributed by atoms with Gasteiger partial charge in [0, 0.05) is 50.1 Å². The molecule has 1 aromatic carbocycles. The quantitative estimate of drug-likeness (QED) is 0.0252. The molecule has 0 aromatic heterocycles. The molecule has 5 saturated heterocycles. The maximum absolute atomic E-state index is 14.5. The number of nitrogens with one attached hydrogen (secondary N) is 3. The molecular weight excluding hydrogens is 1360 g/mol. The number of halogens is 1. The number of carbonyl (C=O) groups is 3. The van der Waals surface area contributed by atoms with Crippen LogP contribution in [-0.4, -0.2) is 243 Å². The van der Waals surface area contributed by atoms with Crippen molar-refractivity contribution in [3.05, 3.63) is 49.8 Å². The number of nitrogens with zero attached hydrogens (tertiary/aromatic N) is 1. The van der Waals surface area contributed by atoms with E-state index in [1.807, 2.05) is 29.5 Å². The van der Waals surface area contributed by atoms with Gasteiger partial charge < -0.3 is 92.6 Å². The third-order valence-corrected chi connectivity index (χ3v) is 22.1. The number of thioether (sulfide) groups is 1. The van der Waals surface area contributed by atoms with Crippen LogP contribution in [0.1, 0.15) is 89.6 Å². The summed E-state index contributed by atoms with van der Waals surface area (Å²) in [6, 6.07) is -1.28. The fourth-order valence-electron chi connectivity index (χ4n) is 11.6. The molecule has 19 atom stereocenters. The van der Waals surface area contributed by atoms with Gasteiger partial charge in [-0.15, -0.1) is 5.92 Å². The Morgan fingerprint density at radius 2 is 1.59 bits per heavy atom. The van der Waals surface area contributed by atoms with E-state index < -0.39 is 127 Å². The number of ketones is 1. The van der Waals surface area contributed by atoms with Gasteiger partial charge in [-0.3, -0.25) is 19.7 Å². The summed E-state index contributed by atoms with van der Waals surface area (Å²) >= 11 is 2.83. The number of amides is 1. The Kier molecular flexibility index (Phi) is 28.9. The Morgan fingerprint density at radius 3 is 2.24 bits per heavy atom. The van der Waals surface area contributed by atoms with Gasteiger partial charge in [0.2, 0.25) is 17.2 Å². The number of benzene rings is 1. The summed E-state index contributed by atoms with van der Waals surface area (Å²) in [6.45, 7) is 14.6. The molecule has 1 aromatic rings. The highest BCUT2D eigenvalue weighted by Crippen LogP contribution is 2.49. The van der Waals surface area contributed by atoms with E-state index in [0.29, 0.717) is 26.7 Å². The first-order valence-electron chi connectivity index (χ1n) is 30.2. The van der Waals surface area contributed by atoms with Gasteiger partial charge in [0.25, 0.3) is 0 Å². The number of Topliss-reactive ketones (excluding diaryl/α,β-unsaturated/α-hetero) is 1. The van der Waals surface area contributed by atoms with Gasteiger partial charge in [-0.1, -0.05) is 64.1 Å². The van der Waals surface area contributed by atoms with Crippen LogP contribution >= 0.6 is 55.9 Å². The smallest absolute Gasteiger partial charge is 0.411 e. The molecule has 0 radical (unpaired) electrons. The number of hydroxylamine groups is 1. The summed E-state index contributed by atoms with van der Waals surface area (Å²) < 4.78 is 73.1. The van der Waals surface area contributed by atoms with E-state index in [2.05, 4.69) is 51.7 Å². The number of hydrogen-bond donors (Lipinski definition) is 8. The molecule has 8 N–H and O–H groups in total. The van der Waals surface area contributed by atoms with Gasteiger partial charge in [-0.2, -0.15) is 5.48 Å². The van der Waals surface area contributed by atoms with E-state index in [1.54, 1.807) is 69.4 Å². The molecule has 5 aliphatic heterocycles. The highest BCUT2D eigenvalue weighted by molar-refractivity contribution is 14.1. The second-order valence-corrected chi connectivity index (χ2v) is 27.9. The molecular formula is C62H89IN4O21S3. The van der Waals surface area contributed by atoms with Crippen molar-refractivity contribution in [1.82, 2.24) is 21.0 Å². The number of aliphatic hydroxyl groups is 5. The van der Waals surface area contributed by atoms with Crippen molar-refractivity contribution in [2.24, 2.45) is 0 Å². The Hall–Kier alpha value is -3.33. The number of ether oxygens (including phenoxy) is 12. The lowest BCUT2D eigenvalue weighted by molar-refractivity contribution is -0.336. The summed E-state index contributed by atoms with van der Waals surface area (Å²) in [5.41, 5.74) is 1.79. The number of alkyl carbamates (subject to hydrolysis) is 1. The zero-order valence-corrected chi connectivity index (χ0v) is 58.2. The number of hydrogen-bond acceptors (Lipinski definition) is 27. The molecule has 5 fully saturated rings. The van der Waals surface area contributed by atoms with Gasteiger partial charge in [0.05, 0.1) is 96.2 Å². The van der Waals surface area contributed by atoms with Crippen molar-refractivity contribution >= 4 is 72.9 Å². The largest absolute Gasteiger partial charge is 0.492 e. The van der Waals surface area contributed by atoms with Gasteiger partial charge in [-0.25, -0.2) is 4.79 Å². The van der Waals surface area contributed by atoms with Crippen LogP contribution in [0.5, 0.6) is 17.2 Å². The van der Waals surface area contributed by atoms with Gasteiger partial charge in [0.1, 0.15) is 36.6 Å². The lowest BCUT2D eigenvalue weighted by Crippen LogP contribution is -2.65. The minimum absolute atomic E-state index is 0.0272. The number of likely N-dealkylation sites (tertiary alicyclic amines) is 1. The molecule has 5 heterocycles. The van der Waals surface area contributed by atoms with Crippen molar-refractivity contribution in [1.29, 1.82) is 0 Å². The van der Waals surface area contributed by atoms with E-state index in [9.17, 15) is 39.9 Å². The van der Waals surface area contributed by atoms with Crippen LogP contribution in [0.4, 0.5) is 4.79 Å². The monoisotopic (exact) mass is 1450 g/mol. The summed E-state index contributed by atoms with van der Waals surface area (Å²) in [7, 11) is 12.3. The molecule has 0 unspecified atom stereocenters. The third-order valence-electron chi connectivity index (χ3n) is 16.6. The fraction of sp³-hybridized carbons (Fsp3) is 0.694. The second kappa shape index (κ2) is 35.1. The maximum Gasteiger partial charge on any atom is 0.411 e. The van der Waals surface area contributed by atoms with Crippen LogP contribution in [0.2, 0.25) is 0 Å². The Bertz CT molecular complexity index is 2870. The minimum atomic E-state index is -1.78. The van der Waals surface area contributed by atoms with E-state index in [4.69, 9.17) is 61.7 Å². The standard InChI is InChI=1S/C62H89IN4O21S3/c1-14-16-17-18-19-20-40(45-36(23-26-89-91-35-21-24-67(8)25-22-35)62(7,75)29-39(69)48(45)65-61(74)80-13)85-60-55(86-42-28-41(76-9)37(30-81-42)64-15-2)50(71)47(32(4)83-60)66-88-43-27-38(68)57(34(6)82-43)90-58(73)44-31(3)46(63)53(56(79-12)52(44)77-10)87-59-51(72)54(78-11)49(70)33(5)84-59/h17-18,23,32-35,37-38,40-43,47,49-51,54-55,57,59-60,64,66,68,70-72,75H,15,21-22,24-30H2,1-13H3,(H,65,74)/b18-17-,36-23+/t32-,33+,34-,37+,38+,40+,41+,42+,43+,47-,49+,50+,51-,54-,55-,57-,59+,60+,62+/m1/s1. The second-order valence-electron chi connectivity index (χ2n) is 23.0. The van der Waals surface area contributed by atoms with Crippen molar-refractivity contribution in [2.45, 2.75) is 201 Å². The third kappa shape index (κ3) is 18.6. The van der Waals surface area contributed by atoms with Crippen LogP contribution in [0.3, 0.4) is 0 Å². The first kappa shape index (κ1) is 75.1. The highest BCUT2D eigenvalue weighted by atomic mass is 127. The van der Waals surface area contributed by atoms with E-state index >= 15 is 0 Å². The van der Waals surface area contributed by atoms with Gasteiger partial charge in [-0.05, 0) is 127 Å². The normalized spacial score (nSPS) is 34.2. The number of methoxy groups -OCH3 is 5. The number of carbonyl (C=O) groups excluding carboxylic acids is 3. The molecule has 0 spiro atoms. The highest BCUT2D eigenvalue weighted by Gasteiger charge is 2.52. The molecule has 91 heavy (non-hydrogen) atoms. The van der Waals surface area contributed by atoms with E-state index in [1.165, 1.54) is 40.4 Å². The molecule has 25 nitrogen and oxygen atoms in total. The SMILES string of the molecule is CC#C/C=C\C#C[C@H](O[C@@H]1O[C@H](C)[C@@H](NO[C@H]2C[C@H](O)[C@H](SC(=O)c3c(C)c(I)c(O[C@@H]4O[C@@H](C)[C@H](O)[C@@H](OC)[C@H]4O)c(OC)c3OC)[C@@H](C)O2)[C@H](O)[C@H]1O[C@H]1C[C@H](OC)[C@@H](NCC)CO1)C1=C(NC(=O)OC)C(=O)C[C@](C)(O)/C1=C/CSSC1CCN(C)CC1. The molecule has 508 valence electrons. The van der Waals surface area contributed by atoms with Crippen molar-refractivity contribution < 1.29 is 102 Å². The van der Waals surface area contributed by atoms with E-state index in [0.717, 1.165) is 44.8 Å². The maximum atomic E-state index is 14.5. The topological polar surface area (TPSA) is 312 Å². The zero-order chi connectivity index (χ0) is 66.4. The molecule has 7 rings (SSSR count). The molecule has 0 saturated carbocycles. The van der Waals surface area contributed by atoms with E-state index in [-0.39, 0.29) is 71.2 Å². The van der Waals surface area contributed by atoms with Crippen LogP contribution in [0, 0.1) is 34.2 Å². The average molecular weight is 1450 g/mol. The lowest BCUT2D eigenvalue weighted by Gasteiger charge is -2.46. The number of rotatable bonds is 23. The molecule has 1 amide bonds. The molecule has 29 heteroatoms. The first-order chi connectivity index (χ1) is 43.4. The van der Waals surface area contributed by atoms with Crippen LogP contribution in [-0.2, 0) is 52.3 Å². The zero-order valence-electron chi connectivity index (χ0n) is 53.6. The Labute approximate surface area is 558 Å². The predicted molar refractivity (Wildman–Crippen MR) is 348 cm³/mol. The summed E-state index contributed by atoms with van der Waals surface area (Å²) in [4.78, 5) is 50.3. The van der Waals surface area contributed by atoms with Crippen molar-refractivity contribution in [3.8, 4) is 40.9 Å². The molecule has 1 aliphatic carbocycles. The predicted octanol–water partition coefficient (Wildman–Crippen LogP) is 4.04. The summed E-state index contributed by atoms with van der Waals surface area (Å²) in [6.07, 6.45) is -11.5. The van der Waals surface area contributed by atoms with Crippen LogP contribution in [0.25, 0.3) is 0 Å². The number of piperidine rings is 1. The first-order valence-corrected chi connectivity index (χ1v) is 34.5. The Balaban J connectivity index is 1.14. The fourth-order valence-corrected chi connectivity index (χ4v) is 15.9. The van der Waals surface area contributed by atoms with Crippen LogP contribution in [0.15, 0.2) is 35.1 Å². The Morgan fingerprint density at radius 1 is 0.890 bits per heavy atom. The number of allylic oxidation sites excluding steroid dienone is 3. The summed E-state index contributed by atoms with van der Waals surface area (Å²) in [5, 5.41) is 63.4.